The molecule has 0 saturated carbocycles. The number of ether oxygens (including phenoxy) is 1. The summed E-state index contributed by atoms with van der Waals surface area (Å²) in [6.45, 7) is 12.9. The van der Waals surface area contributed by atoms with Crippen molar-refractivity contribution in [2.24, 2.45) is 12.5 Å². The SMILES string of the molecule is Cn1c(CN2CCN([C@H](C(=O)OC(C)(C)C)C(C)(C)C)C2=O)nc2ccccc21. The molecule has 2 heterocycles. The molecule has 1 aromatic carbocycles. The summed E-state index contributed by atoms with van der Waals surface area (Å²) in [6, 6.07) is 7.13. The number of aryl methyl sites for hydroxylation is 1. The lowest BCUT2D eigenvalue weighted by Gasteiger charge is -2.37. The molecule has 1 aliphatic heterocycles. The van der Waals surface area contributed by atoms with Crippen LogP contribution in [0.4, 0.5) is 4.79 Å². The summed E-state index contributed by atoms with van der Waals surface area (Å²) in [5.74, 6) is 0.467. The second-order valence-corrected chi connectivity index (χ2v) is 9.78. The van der Waals surface area contributed by atoms with E-state index in [2.05, 4.69) is 4.98 Å². The Kier molecular flexibility index (Phi) is 5.36. The van der Waals surface area contributed by atoms with E-state index in [1.54, 1.807) is 9.80 Å². The molecule has 1 aromatic heterocycles. The number of carbonyl (C=O) groups is 2. The molecule has 1 fully saturated rings. The first-order valence-electron chi connectivity index (χ1n) is 10.1. The van der Waals surface area contributed by atoms with Gasteiger partial charge in [-0.3, -0.25) is 0 Å². The van der Waals surface area contributed by atoms with Crippen LogP contribution in [0.3, 0.4) is 0 Å². The molecular formula is C22H32N4O3. The highest BCUT2D eigenvalue weighted by Gasteiger charge is 2.45. The highest BCUT2D eigenvalue weighted by molar-refractivity contribution is 5.86. The topological polar surface area (TPSA) is 67.7 Å². The lowest BCUT2D eigenvalue weighted by Crippen LogP contribution is -2.52. The molecule has 3 rings (SSSR count). The first kappa shape index (κ1) is 21.1. The zero-order valence-corrected chi connectivity index (χ0v) is 18.5. The van der Waals surface area contributed by atoms with Gasteiger partial charge in [-0.2, -0.15) is 0 Å². The number of nitrogens with zero attached hydrogens (tertiary/aromatic N) is 4. The maximum Gasteiger partial charge on any atom is 0.329 e. The highest BCUT2D eigenvalue weighted by Crippen LogP contribution is 2.30. The quantitative estimate of drug-likeness (QED) is 0.736. The van der Waals surface area contributed by atoms with Crippen LogP contribution in [0.1, 0.15) is 47.4 Å². The fourth-order valence-electron chi connectivity index (χ4n) is 3.80. The van der Waals surface area contributed by atoms with Crippen LogP contribution in [0.2, 0.25) is 0 Å². The third kappa shape index (κ3) is 4.38. The van der Waals surface area contributed by atoms with Crippen LogP contribution in [0.15, 0.2) is 24.3 Å². The largest absolute Gasteiger partial charge is 0.458 e. The first-order valence-corrected chi connectivity index (χ1v) is 10.1. The third-order valence-electron chi connectivity index (χ3n) is 5.10. The van der Waals surface area contributed by atoms with Crippen LogP contribution in [0.25, 0.3) is 11.0 Å². The molecule has 7 nitrogen and oxygen atoms in total. The lowest BCUT2D eigenvalue weighted by molar-refractivity contribution is -0.164. The van der Waals surface area contributed by atoms with Gasteiger partial charge in [-0.15, -0.1) is 0 Å². The number of urea groups is 1. The number of hydrogen-bond acceptors (Lipinski definition) is 4. The molecule has 1 saturated heterocycles. The van der Waals surface area contributed by atoms with Crippen molar-refractivity contribution in [3.8, 4) is 0 Å². The van der Waals surface area contributed by atoms with E-state index in [9.17, 15) is 9.59 Å². The zero-order chi connectivity index (χ0) is 21.6. The van der Waals surface area contributed by atoms with Crippen LogP contribution in [-0.2, 0) is 23.1 Å². The van der Waals surface area contributed by atoms with Crippen LogP contribution < -0.4 is 0 Å². The van der Waals surface area contributed by atoms with Crippen molar-refractivity contribution in [1.82, 2.24) is 19.4 Å². The predicted octanol–water partition coefficient (Wildman–Crippen LogP) is 3.57. The van der Waals surface area contributed by atoms with E-state index in [1.807, 2.05) is 77.4 Å². The van der Waals surface area contributed by atoms with Crippen molar-refractivity contribution >= 4 is 23.0 Å². The third-order valence-corrected chi connectivity index (χ3v) is 5.10. The molecule has 29 heavy (non-hydrogen) atoms. The summed E-state index contributed by atoms with van der Waals surface area (Å²) in [7, 11) is 1.96. The van der Waals surface area contributed by atoms with Crippen LogP contribution >= 0.6 is 0 Å². The maximum atomic E-state index is 13.2. The van der Waals surface area contributed by atoms with Gasteiger partial charge < -0.3 is 19.1 Å². The number of amides is 2. The zero-order valence-electron chi connectivity index (χ0n) is 18.5. The number of rotatable bonds is 4. The van der Waals surface area contributed by atoms with Crippen LogP contribution in [0.5, 0.6) is 0 Å². The molecule has 158 valence electrons. The van der Waals surface area contributed by atoms with E-state index in [0.29, 0.717) is 19.6 Å². The van der Waals surface area contributed by atoms with E-state index in [1.165, 1.54) is 0 Å². The van der Waals surface area contributed by atoms with Gasteiger partial charge in [-0.05, 0) is 38.3 Å². The minimum Gasteiger partial charge on any atom is -0.458 e. The summed E-state index contributed by atoms with van der Waals surface area (Å²) in [5, 5.41) is 0. The Hall–Kier alpha value is -2.57. The number of aromatic nitrogens is 2. The molecule has 1 atom stereocenters. The number of imidazole rings is 1. The summed E-state index contributed by atoms with van der Waals surface area (Å²) in [5.41, 5.74) is 0.907. The number of hydrogen-bond donors (Lipinski definition) is 0. The van der Waals surface area contributed by atoms with Gasteiger partial charge in [0, 0.05) is 20.1 Å². The van der Waals surface area contributed by atoms with Gasteiger partial charge in [0.1, 0.15) is 17.5 Å². The van der Waals surface area contributed by atoms with Crippen molar-refractivity contribution in [3.05, 3.63) is 30.1 Å². The molecule has 0 aliphatic carbocycles. The standard InChI is InChI=1S/C22H32N4O3/c1-21(2,3)18(19(27)29-22(4,5)6)26-13-12-25(20(26)28)14-17-23-15-10-8-9-11-16(15)24(17)7/h8-11,18H,12-14H2,1-7H3/t18-/m1/s1. The molecule has 1 aliphatic rings. The predicted molar refractivity (Wildman–Crippen MR) is 112 cm³/mol. The maximum absolute atomic E-state index is 13.2. The fraction of sp³-hybridized carbons (Fsp3) is 0.591. The second kappa shape index (κ2) is 7.35. The molecule has 7 heteroatoms. The summed E-state index contributed by atoms with van der Waals surface area (Å²) < 4.78 is 7.65. The van der Waals surface area contributed by atoms with Gasteiger partial charge >= 0.3 is 12.0 Å². The van der Waals surface area contributed by atoms with E-state index in [4.69, 9.17) is 4.74 Å². The average molecular weight is 401 g/mol. The van der Waals surface area contributed by atoms with E-state index in [-0.39, 0.29) is 12.0 Å². The Morgan fingerprint density at radius 2 is 1.79 bits per heavy atom. The Bertz CT molecular complexity index is 920. The molecule has 2 amide bonds. The van der Waals surface area contributed by atoms with Crippen LogP contribution in [0, 0.1) is 5.41 Å². The molecule has 0 bridgehead atoms. The minimum absolute atomic E-state index is 0.150. The van der Waals surface area contributed by atoms with E-state index < -0.39 is 17.1 Å². The lowest BCUT2D eigenvalue weighted by atomic mass is 9.85. The van der Waals surface area contributed by atoms with E-state index >= 15 is 0 Å². The summed E-state index contributed by atoms with van der Waals surface area (Å²) in [4.78, 5) is 34.2. The number of carbonyl (C=O) groups excluding carboxylic acids is 2. The molecule has 0 N–H and O–H groups in total. The Morgan fingerprint density at radius 3 is 2.38 bits per heavy atom. The molecule has 0 spiro atoms. The summed E-state index contributed by atoms with van der Waals surface area (Å²) in [6.07, 6.45) is 0. The number of para-hydroxylation sites is 2. The minimum atomic E-state index is -0.639. The molecule has 0 radical (unpaired) electrons. The molecule has 2 aromatic rings. The molecule has 0 unspecified atom stereocenters. The van der Waals surface area contributed by atoms with Gasteiger partial charge in [0.15, 0.2) is 0 Å². The average Bonchev–Trinajstić information content (AvgIpc) is 3.08. The number of fused-ring (bicyclic) bond motifs is 1. The first-order chi connectivity index (χ1) is 13.4. The summed E-state index contributed by atoms with van der Waals surface area (Å²) >= 11 is 0. The van der Waals surface area contributed by atoms with E-state index in [0.717, 1.165) is 16.9 Å². The van der Waals surface area contributed by atoms with Gasteiger partial charge in [0.2, 0.25) is 0 Å². The second-order valence-electron chi connectivity index (χ2n) is 9.78. The number of benzene rings is 1. The van der Waals surface area contributed by atoms with Crippen LogP contribution in [-0.4, -0.2) is 56.1 Å². The Labute approximate surface area is 172 Å². The van der Waals surface area contributed by atoms with Crippen molar-refractivity contribution in [1.29, 1.82) is 0 Å². The van der Waals surface area contributed by atoms with Crippen molar-refractivity contribution in [2.75, 3.05) is 13.1 Å². The number of esters is 1. The Morgan fingerprint density at radius 1 is 1.14 bits per heavy atom. The van der Waals surface area contributed by atoms with Gasteiger partial charge in [-0.25, -0.2) is 14.6 Å². The molecular weight excluding hydrogens is 368 g/mol. The smallest absolute Gasteiger partial charge is 0.329 e. The normalized spacial score (nSPS) is 16.6. The van der Waals surface area contributed by atoms with Crippen molar-refractivity contribution in [3.63, 3.8) is 0 Å². The fourth-order valence-corrected chi connectivity index (χ4v) is 3.80. The Balaban J connectivity index is 1.81. The van der Waals surface area contributed by atoms with Crippen molar-refractivity contribution in [2.45, 2.75) is 59.7 Å². The van der Waals surface area contributed by atoms with Gasteiger partial charge in [0.05, 0.1) is 17.6 Å². The van der Waals surface area contributed by atoms with Crippen molar-refractivity contribution < 1.29 is 14.3 Å². The van der Waals surface area contributed by atoms with Gasteiger partial charge in [0.25, 0.3) is 0 Å². The highest BCUT2D eigenvalue weighted by atomic mass is 16.6. The monoisotopic (exact) mass is 400 g/mol. The van der Waals surface area contributed by atoms with Gasteiger partial charge in [-0.1, -0.05) is 32.9 Å².